The number of carbonyl (C=O) groups is 2. The first-order chi connectivity index (χ1) is 14.1. The number of carbonyl (C=O) groups excluding carboxylic acids is 2. The van der Waals surface area contributed by atoms with Crippen LogP contribution in [-0.4, -0.2) is 47.5 Å². The maximum atomic E-state index is 11.2. The Balaban J connectivity index is 1.44. The summed E-state index contributed by atoms with van der Waals surface area (Å²) in [5.74, 6) is 4.00. The van der Waals surface area contributed by atoms with Gasteiger partial charge in [-0.3, -0.25) is 9.59 Å². The van der Waals surface area contributed by atoms with Crippen LogP contribution in [0.4, 0.5) is 0 Å². The lowest BCUT2D eigenvalue weighted by atomic mass is 10.5. The Hall–Kier alpha value is 1.10. The molecular formula is C19H24O2S8. The third-order valence-corrected chi connectivity index (χ3v) is 13.9. The fourth-order valence-corrected chi connectivity index (χ4v) is 11.9. The highest BCUT2D eigenvalue weighted by atomic mass is 32.2. The van der Waals surface area contributed by atoms with Gasteiger partial charge in [-0.15, -0.1) is 70.6 Å². The van der Waals surface area contributed by atoms with E-state index in [-0.39, 0.29) is 10.2 Å². The molecule has 2 aliphatic rings. The molecule has 0 fully saturated rings. The van der Waals surface area contributed by atoms with E-state index in [0.29, 0.717) is 9.16 Å². The molecule has 0 saturated carbocycles. The van der Waals surface area contributed by atoms with Crippen LogP contribution in [0.3, 0.4) is 0 Å². The molecule has 2 nitrogen and oxygen atoms in total. The minimum absolute atomic E-state index is 0.0629. The molecule has 2 unspecified atom stereocenters. The Kier molecular flexibility index (Phi) is 14.4. The summed E-state index contributed by atoms with van der Waals surface area (Å²) in [6.45, 7) is 7.00. The van der Waals surface area contributed by atoms with Crippen LogP contribution in [0.5, 0.6) is 0 Å². The van der Waals surface area contributed by atoms with Gasteiger partial charge >= 0.3 is 0 Å². The molecule has 2 atom stereocenters. The van der Waals surface area contributed by atoms with Gasteiger partial charge in [0.25, 0.3) is 0 Å². The smallest absolute Gasteiger partial charge is 0.211 e. The zero-order valence-corrected chi connectivity index (χ0v) is 22.4. The molecule has 0 N–H and O–H groups in total. The van der Waals surface area contributed by atoms with Crippen molar-refractivity contribution in [2.24, 2.45) is 0 Å². The Morgan fingerprint density at radius 1 is 0.862 bits per heavy atom. The second kappa shape index (κ2) is 15.8. The zero-order valence-electron chi connectivity index (χ0n) is 15.9. The summed E-state index contributed by atoms with van der Waals surface area (Å²) in [4.78, 5) is 25.3. The first kappa shape index (κ1) is 26.4. The molecule has 0 aromatic rings. The highest BCUT2D eigenvalue weighted by Gasteiger charge is 2.20. The highest BCUT2D eigenvalue weighted by molar-refractivity contribution is 8.25. The molecule has 0 aliphatic carbocycles. The van der Waals surface area contributed by atoms with E-state index >= 15 is 0 Å². The molecular weight excluding hydrogens is 517 g/mol. The van der Waals surface area contributed by atoms with E-state index < -0.39 is 0 Å². The first-order valence-electron chi connectivity index (χ1n) is 8.87. The van der Waals surface area contributed by atoms with Gasteiger partial charge in [0.05, 0.1) is 9.16 Å². The minimum atomic E-state index is 0.0629. The number of hydrogen-bond acceptors (Lipinski definition) is 10. The van der Waals surface area contributed by atoms with Crippen molar-refractivity contribution in [1.82, 2.24) is 0 Å². The van der Waals surface area contributed by atoms with Gasteiger partial charge in [0.2, 0.25) is 10.2 Å². The Morgan fingerprint density at radius 3 is 1.72 bits per heavy atom. The molecule has 0 amide bonds. The van der Waals surface area contributed by atoms with Crippen molar-refractivity contribution in [3.63, 3.8) is 0 Å². The van der Waals surface area contributed by atoms with Crippen molar-refractivity contribution in [1.29, 1.82) is 0 Å². The van der Waals surface area contributed by atoms with E-state index in [1.165, 1.54) is 45.5 Å². The molecule has 2 rings (SSSR count). The van der Waals surface area contributed by atoms with Crippen LogP contribution in [-0.2, 0) is 9.59 Å². The summed E-state index contributed by atoms with van der Waals surface area (Å²) in [5.41, 5.74) is 0. The van der Waals surface area contributed by atoms with Gasteiger partial charge < -0.3 is 0 Å². The van der Waals surface area contributed by atoms with E-state index in [4.69, 9.17) is 0 Å². The third-order valence-electron chi connectivity index (χ3n) is 3.46. The minimum Gasteiger partial charge on any atom is -0.282 e. The summed E-state index contributed by atoms with van der Waals surface area (Å²) in [6.07, 6.45) is 4.72. The van der Waals surface area contributed by atoms with Crippen molar-refractivity contribution >= 4 is 104 Å². The Labute approximate surface area is 208 Å². The number of hydrogen-bond donors (Lipinski definition) is 0. The number of rotatable bonds is 14. The second-order valence-corrected chi connectivity index (χ2v) is 15.7. The van der Waals surface area contributed by atoms with E-state index in [1.807, 2.05) is 70.6 Å². The van der Waals surface area contributed by atoms with Gasteiger partial charge in [0, 0.05) is 28.1 Å². The SMILES string of the molecule is C=CC(=O)SCCC1=CSC(CSCSCC2SC=C(CCSC(=O)C=C)S2)S1. The van der Waals surface area contributed by atoms with Gasteiger partial charge in [-0.1, -0.05) is 36.7 Å². The molecule has 2 heterocycles. The lowest BCUT2D eigenvalue weighted by Crippen LogP contribution is -1.99. The fourth-order valence-electron chi connectivity index (χ4n) is 2.10. The van der Waals surface area contributed by atoms with Crippen LogP contribution in [0, 0.1) is 0 Å². The quantitative estimate of drug-likeness (QED) is 0.126. The van der Waals surface area contributed by atoms with E-state index in [0.717, 1.165) is 40.9 Å². The molecule has 0 spiro atoms. The maximum absolute atomic E-state index is 11.2. The molecule has 0 aromatic heterocycles. The van der Waals surface area contributed by atoms with Crippen LogP contribution in [0.15, 0.2) is 45.9 Å². The van der Waals surface area contributed by atoms with E-state index in [2.05, 4.69) is 24.0 Å². The molecule has 2 aliphatic heterocycles. The fraction of sp³-hybridized carbons (Fsp3) is 0.474. The van der Waals surface area contributed by atoms with E-state index in [9.17, 15) is 9.59 Å². The Bertz CT molecular complexity index is 592. The van der Waals surface area contributed by atoms with Crippen LogP contribution >= 0.6 is 94.1 Å². The van der Waals surface area contributed by atoms with Gasteiger partial charge in [-0.25, -0.2) is 0 Å². The molecule has 0 bridgehead atoms. The first-order valence-corrected chi connectivity index (χ1v) is 16.8. The summed E-state index contributed by atoms with van der Waals surface area (Å²) in [5, 5.41) is 5.79. The number of thioether (sulfide) groups is 8. The molecule has 0 aromatic carbocycles. The lowest BCUT2D eigenvalue weighted by Gasteiger charge is -2.11. The second-order valence-electron chi connectivity index (χ2n) is 5.64. The van der Waals surface area contributed by atoms with E-state index in [1.54, 1.807) is 0 Å². The largest absolute Gasteiger partial charge is 0.282 e. The van der Waals surface area contributed by atoms with Crippen LogP contribution in [0.1, 0.15) is 12.8 Å². The molecule has 0 radical (unpaired) electrons. The zero-order chi connectivity index (χ0) is 20.9. The summed E-state index contributed by atoms with van der Waals surface area (Å²) >= 11 is 14.5. The molecule has 10 heteroatoms. The summed E-state index contributed by atoms with van der Waals surface area (Å²) in [7, 11) is 0. The monoisotopic (exact) mass is 540 g/mol. The molecule has 29 heavy (non-hydrogen) atoms. The van der Waals surface area contributed by atoms with Gasteiger partial charge in [0.15, 0.2) is 0 Å². The lowest BCUT2D eigenvalue weighted by molar-refractivity contribution is -0.107. The standard InChI is InChI=1S/C19H24O2S8/c1-3-16(20)24-7-5-14-9-26-18(28-14)11-22-13-23-12-19-27-10-15(29-19)6-8-25-17(21)4-2/h3-4,9-10,18-19H,1-2,5-8,11-13H2. The third kappa shape index (κ3) is 11.5. The van der Waals surface area contributed by atoms with Crippen molar-refractivity contribution < 1.29 is 9.59 Å². The summed E-state index contributed by atoms with van der Waals surface area (Å²) in [6, 6.07) is 0. The topological polar surface area (TPSA) is 34.1 Å². The maximum Gasteiger partial charge on any atom is 0.211 e. The molecule has 0 saturated heterocycles. The van der Waals surface area contributed by atoms with Gasteiger partial charge in [-0.2, -0.15) is 0 Å². The van der Waals surface area contributed by atoms with Crippen LogP contribution in [0.2, 0.25) is 0 Å². The predicted octanol–water partition coefficient (Wildman–Crippen LogP) is 7.38. The average Bonchev–Trinajstić information content (AvgIpc) is 3.37. The van der Waals surface area contributed by atoms with Crippen molar-refractivity contribution in [2.75, 3.05) is 28.1 Å². The van der Waals surface area contributed by atoms with Crippen molar-refractivity contribution in [2.45, 2.75) is 22.0 Å². The predicted molar refractivity (Wildman–Crippen MR) is 148 cm³/mol. The van der Waals surface area contributed by atoms with Crippen molar-refractivity contribution in [3.05, 3.63) is 45.9 Å². The van der Waals surface area contributed by atoms with Crippen molar-refractivity contribution in [3.8, 4) is 0 Å². The highest BCUT2D eigenvalue weighted by Crippen LogP contribution is 2.45. The van der Waals surface area contributed by atoms with Crippen LogP contribution in [0.25, 0.3) is 0 Å². The molecule has 160 valence electrons. The summed E-state index contributed by atoms with van der Waals surface area (Å²) < 4.78 is 1.21. The number of allylic oxidation sites excluding steroid dienone is 2. The Morgan fingerprint density at radius 2 is 1.31 bits per heavy atom. The average molecular weight is 541 g/mol. The van der Waals surface area contributed by atoms with Gasteiger partial charge in [-0.05, 0) is 45.6 Å². The van der Waals surface area contributed by atoms with Gasteiger partial charge in [0.1, 0.15) is 0 Å². The normalized spacial score (nSPS) is 21.0. The van der Waals surface area contributed by atoms with Crippen LogP contribution < -0.4 is 0 Å².